The number of carbonyl (C=O) groups excluding carboxylic acids is 1. The van der Waals surface area contributed by atoms with Crippen molar-refractivity contribution in [2.75, 3.05) is 5.32 Å². The number of halogens is 5. The first-order valence-corrected chi connectivity index (χ1v) is 10.00. The van der Waals surface area contributed by atoms with Crippen molar-refractivity contribution in [1.82, 2.24) is 5.16 Å². The number of carbonyl (C=O) groups is 1. The normalized spacial score (nSPS) is 14.2. The third-order valence-corrected chi connectivity index (χ3v) is 5.67. The number of aryl methyl sites for hydroxylation is 1. The maximum atomic E-state index is 14.0. The predicted molar refractivity (Wildman–Crippen MR) is 114 cm³/mol. The number of aliphatic hydroxyl groups is 1. The van der Waals surface area contributed by atoms with Crippen molar-refractivity contribution < 1.29 is 32.0 Å². The van der Waals surface area contributed by atoms with Gasteiger partial charge in [-0.1, -0.05) is 36.7 Å². The summed E-state index contributed by atoms with van der Waals surface area (Å²) in [5.74, 6) is -2.41. The lowest BCUT2D eigenvalue weighted by Crippen LogP contribution is -2.57. The summed E-state index contributed by atoms with van der Waals surface area (Å²) in [5.41, 5.74) is -5.73. The van der Waals surface area contributed by atoms with Crippen LogP contribution in [0.3, 0.4) is 0 Å². The highest BCUT2D eigenvalue weighted by molar-refractivity contribution is 6.31. The largest absolute Gasteiger partial charge is 0.426 e. The summed E-state index contributed by atoms with van der Waals surface area (Å²) in [7, 11) is 0. The molecule has 6 nitrogen and oxygen atoms in total. The molecule has 2 aromatic carbocycles. The molecule has 1 atom stereocenters. The van der Waals surface area contributed by atoms with Crippen molar-refractivity contribution in [3.63, 3.8) is 0 Å². The first-order valence-electron chi connectivity index (χ1n) is 9.62. The fraction of sp³-hybridized carbons (Fsp3) is 0.318. The number of fused-ring (bicyclic) bond motifs is 1. The van der Waals surface area contributed by atoms with E-state index in [-0.39, 0.29) is 32.7 Å². The summed E-state index contributed by atoms with van der Waals surface area (Å²) in [6, 6.07) is 6.89. The monoisotopic (exact) mass is 486 g/mol. The van der Waals surface area contributed by atoms with Crippen LogP contribution >= 0.6 is 11.6 Å². The SMILES string of the molecule is Cc1noc(=O)c2ccc(NC(=O)C(O)(CC(C)(C)c3ccc(F)cc3Cl)C(F)(F)F)cc12. The van der Waals surface area contributed by atoms with E-state index in [0.29, 0.717) is 0 Å². The Kier molecular flexibility index (Phi) is 6.29. The van der Waals surface area contributed by atoms with E-state index in [9.17, 15) is 32.3 Å². The van der Waals surface area contributed by atoms with Crippen LogP contribution in [0.5, 0.6) is 0 Å². The van der Waals surface area contributed by atoms with Gasteiger partial charge < -0.3 is 14.9 Å². The van der Waals surface area contributed by atoms with Crippen molar-refractivity contribution in [3.8, 4) is 0 Å². The van der Waals surface area contributed by atoms with Gasteiger partial charge in [0.05, 0.1) is 11.1 Å². The molecule has 0 radical (unpaired) electrons. The molecule has 0 saturated carbocycles. The topological polar surface area (TPSA) is 92.4 Å². The average molecular weight is 487 g/mol. The van der Waals surface area contributed by atoms with Gasteiger partial charge in [-0.25, -0.2) is 9.18 Å². The molecule has 3 rings (SSSR count). The number of hydrogen-bond acceptors (Lipinski definition) is 5. The molecule has 1 heterocycles. The van der Waals surface area contributed by atoms with Crippen LogP contribution in [-0.2, 0) is 10.2 Å². The number of aromatic nitrogens is 1. The number of anilines is 1. The Balaban J connectivity index is 1.98. The second-order valence-electron chi connectivity index (χ2n) is 8.31. The van der Waals surface area contributed by atoms with E-state index >= 15 is 0 Å². The molecule has 11 heteroatoms. The molecule has 0 aliphatic rings. The number of nitrogens with one attached hydrogen (secondary N) is 1. The molecule has 0 saturated heterocycles. The molecular formula is C22H19ClF4N2O4. The van der Waals surface area contributed by atoms with Gasteiger partial charge >= 0.3 is 11.8 Å². The summed E-state index contributed by atoms with van der Waals surface area (Å²) in [6.45, 7) is 4.21. The molecule has 1 unspecified atom stereocenters. The smallest absolute Gasteiger partial charge is 0.373 e. The third-order valence-electron chi connectivity index (χ3n) is 5.36. The Hall–Kier alpha value is -2.98. The lowest BCUT2D eigenvalue weighted by atomic mass is 9.74. The zero-order valence-corrected chi connectivity index (χ0v) is 18.4. The Morgan fingerprint density at radius 2 is 1.82 bits per heavy atom. The van der Waals surface area contributed by atoms with Crippen molar-refractivity contribution in [1.29, 1.82) is 0 Å². The summed E-state index contributed by atoms with van der Waals surface area (Å²) in [5, 5.41) is 16.5. The summed E-state index contributed by atoms with van der Waals surface area (Å²) in [4.78, 5) is 24.5. The Labute approximate surface area is 190 Å². The number of alkyl halides is 3. The summed E-state index contributed by atoms with van der Waals surface area (Å²) >= 11 is 6.01. The van der Waals surface area contributed by atoms with Crippen LogP contribution in [0.2, 0.25) is 5.02 Å². The Morgan fingerprint density at radius 1 is 1.15 bits per heavy atom. The number of amides is 1. The number of hydrogen-bond donors (Lipinski definition) is 2. The molecule has 33 heavy (non-hydrogen) atoms. The van der Waals surface area contributed by atoms with E-state index in [2.05, 4.69) is 15.0 Å². The minimum atomic E-state index is -5.35. The van der Waals surface area contributed by atoms with E-state index in [0.717, 1.165) is 12.1 Å². The van der Waals surface area contributed by atoms with Gasteiger partial charge in [0.1, 0.15) is 5.82 Å². The fourth-order valence-electron chi connectivity index (χ4n) is 3.62. The average Bonchev–Trinajstić information content (AvgIpc) is 2.69. The molecule has 2 N–H and O–H groups in total. The predicted octanol–water partition coefficient (Wildman–Crippen LogP) is 4.89. The molecule has 0 fully saturated rings. The van der Waals surface area contributed by atoms with Crippen LogP contribution in [0.1, 0.15) is 31.5 Å². The van der Waals surface area contributed by atoms with Crippen LogP contribution in [0.25, 0.3) is 10.8 Å². The molecule has 0 spiro atoms. The molecule has 0 aliphatic carbocycles. The van der Waals surface area contributed by atoms with Crippen molar-refractivity contribution >= 4 is 34.0 Å². The summed E-state index contributed by atoms with van der Waals surface area (Å²) in [6.07, 6.45) is -6.45. The standard InChI is InChI=1S/C22H19ClF4N2O4/c1-11-15-9-13(5-6-14(15)18(30)33-29-11)28-19(31)21(32,22(25,26)27)10-20(2,3)16-7-4-12(24)8-17(16)23/h4-9,32H,10H2,1-3H3,(H,28,31). The van der Waals surface area contributed by atoms with E-state index in [4.69, 9.17) is 11.6 Å². The molecule has 1 amide bonds. The molecular weight excluding hydrogens is 468 g/mol. The number of benzene rings is 2. The molecule has 1 aromatic heterocycles. The van der Waals surface area contributed by atoms with Gasteiger partial charge in [-0.15, -0.1) is 0 Å². The van der Waals surface area contributed by atoms with E-state index in [1.165, 1.54) is 45.0 Å². The van der Waals surface area contributed by atoms with Crippen molar-refractivity contribution in [2.24, 2.45) is 0 Å². The zero-order chi connectivity index (χ0) is 24.8. The van der Waals surface area contributed by atoms with Crippen LogP contribution in [0.4, 0.5) is 23.2 Å². The van der Waals surface area contributed by atoms with Gasteiger partial charge in [0, 0.05) is 22.5 Å². The minimum Gasteiger partial charge on any atom is -0.373 e. The van der Waals surface area contributed by atoms with E-state index in [1.54, 1.807) is 0 Å². The number of nitrogens with zero attached hydrogens (tertiary/aromatic N) is 1. The first-order chi connectivity index (χ1) is 15.2. The highest BCUT2D eigenvalue weighted by Crippen LogP contribution is 2.43. The molecule has 176 valence electrons. The summed E-state index contributed by atoms with van der Waals surface area (Å²) < 4.78 is 59.9. The first kappa shape index (κ1) is 24.7. The van der Waals surface area contributed by atoms with E-state index in [1.807, 2.05) is 0 Å². The maximum Gasteiger partial charge on any atom is 0.426 e. The number of rotatable bonds is 5. The van der Waals surface area contributed by atoms with Gasteiger partial charge in [0.15, 0.2) is 0 Å². The zero-order valence-electron chi connectivity index (χ0n) is 17.7. The lowest BCUT2D eigenvalue weighted by Gasteiger charge is -2.37. The van der Waals surface area contributed by atoms with Gasteiger partial charge in [0.25, 0.3) is 5.91 Å². The highest BCUT2D eigenvalue weighted by Gasteiger charge is 2.61. The maximum absolute atomic E-state index is 14.0. The van der Waals surface area contributed by atoms with Crippen molar-refractivity contribution in [2.45, 2.75) is 44.4 Å². The second-order valence-corrected chi connectivity index (χ2v) is 8.72. The van der Waals surface area contributed by atoms with Gasteiger partial charge in [-0.2, -0.15) is 13.2 Å². The van der Waals surface area contributed by atoms with Crippen LogP contribution in [0, 0.1) is 12.7 Å². The molecule has 0 aliphatic heterocycles. The van der Waals surface area contributed by atoms with Crippen LogP contribution < -0.4 is 10.9 Å². The van der Waals surface area contributed by atoms with Crippen molar-refractivity contribution in [3.05, 3.63) is 68.9 Å². The highest BCUT2D eigenvalue weighted by atomic mass is 35.5. The van der Waals surface area contributed by atoms with Gasteiger partial charge in [0.2, 0.25) is 5.60 Å². The lowest BCUT2D eigenvalue weighted by molar-refractivity contribution is -0.254. The minimum absolute atomic E-state index is 0.0942. The Morgan fingerprint density at radius 3 is 2.42 bits per heavy atom. The Bertz CT molecular complexity index is 1290. The quantitative estimate of drug-likeness (QED) is 0.501. The molecule has 0 bridgehead atoms. The van der Waals surface area contributed by atoms with Crippen LogP contribution in [-0.4, -0.2) is 27.9 Å². The molecule has 3 aromatic rings. The third kappa shape index (κ3) is 4.72. The van der Waals surface area contributed by atoms with Gasteiger partial charge in [-0.05, 0) is 48.2 Å². The van der Waals surface area contributed by atoms with Gasteiger partial charge in [-0.3, -0.25) is 4.79 Å². The second kappa shape index (κ2) is 8.42. The van der Waals surface area contributed by atoms with E-state index < -0.39 is 41.0 Å². The van der Waals surface area contributed by atoms with Crippen LogP contribution in [0.15, 0.2) is 45.7 Å². The fourth-order valence-corrected chi connectivity index (χ4v) is 4.05.